The quantitative estimate of drug-likeness (QED) is 0.735. The standard InChI is InChI=1S/C17H17ClF4N4O/c18-15-14(9-23-26(16(15)27)11-17(20,21)22)25-7-5-24(6-8-25)10-12-1-3-13(19)4-2-12/h1-4,9H,5-8,10-11H2. The highest BCUT2D eigenvalue weighted by molar-refractivity contribution is 6.33. The summed E-state index contributed by atoms with van der Waals surface area (Å²) in [5.74, 6) is -0.286. The highest BCUT2D eigenvalue weighted by Crippen LogP contribution is 2.24. The van der Waals surface area contributed by atoms with Gasteiger partial charge >= 0.3 is 6.18 Å². The molecule has 5 nitrogen and oxygen atoms in total. The van der Waals surface area contributed by atoms with Crippen molar-refractivity contribution in [3.8, 4) is 0 Å². The molecule has 0 spiro atoms. The largest absolute Gasteiger partial charge is 0.408 e. The molecule has 0 bridgehead atoms. The van der Waals surface area contributed by atoms with Crippen molar-refractivity contribution in [2.45, 2.75) is 19.3 Å². The molecule has 1 aliphatic heterocycles. The first-order valence-electron chi connectivity index (χ1n) is 8.27. The third kappa shape index (κ3) is 4.98. The van der Waals surface area contributed by atoms with Gasteiger partial charge in [-0.3, -0.25) is 9.69 Å². The number of halogens is 5. The topological polar surface area (TPSA) is 41.4 Å². The average molecular weight is 405 g/mol. The number of hydrogen-bond acceptors (Lipinski definition) is 4. The van der Waals surface area contributed by atoms with Gasteiger partial charge in [-0.25, -0.2) is 9.07 Å². The molecule has 0 N–H and O–H groups in total. The molecule has 2 heterocycles. The minimum absolute atomic E-state index is 0.263. The molecular weight excluding hydrogens is 388 g/mol. The van der Waals surface area contributed by atoms with Crippen LogP contribution in [-0.2, 0) is 13.1 Å². The Kier molecular flexibility index (Phi) is 5.71. The van der Waals surface area contributed by atoms with Gasteiger partial charge in [0, 0.05) is 32.7 Å². The molecule has 0 atom stereocenters. The van der Waals surface area contributed by atoms with Gasteiger partial charge in [0.2, 0.25) is 0 Å². The molecule has 2 aromatic rings. The first kappa shape index (κ1) is 19.6. The first-order chi connectivity index (χ1) is 12.7. The monoisotopic (exact) mass is 404 g/mol. The summed E-state index contributed by atoms with van der Waals surface area (Å²) in [4.78, 5) is 16.0. The van der Waals surface area contributed by atoms with Crippen LogP contribution in [0.3, 0.4) is 0 Å². The van der Waals surface area contributed by atoms with Gasteiger partial charge < -0.3 is 4.90 Å². The van der Waals surface area contributed by atoms with E-state index in [1.54, 1.807) is 12.1 Å². The molecule has 0 radical (unpaired) electrons. The normalized spacial score (nSPS) is 16.0. The van der Waals surface area contributed by atoms with Crippen molar-refractivity contribution < 1.29 is 17.6 Å². The van der Waals surface area contributed by atoms with E-state index in [4.69, 9.17) is 11.6 Å². The Hall–Kier alpha value is -2.13. The van der Waals surface area contributed by atoms with Crippen molar-refractivity contribution in [1.82, 2.24) is 14.7 Å². The molecule has 1 aliphatic rings. The molecule has 0 saturated carbocycles. The van der Waals surface area contributed by atoms with E-state index in [0.717, 1.165) is 5.56 Å². The highest BCUT2D eigenvalue weighted by atomic mass is 35.5. The fourth-order valence-corrected chi connectivity index (χ4v) is 3.22. The average Bonchev–Trinajstić information content (AvgIpc) is 2.61. The second-order valence-corrected chi connectivity index (χ2v) is 6.69. The van der Waals surface area contributed by atoms with Gasteiger partial charge in [0.15, 0.2) is 0 Å². The summed E-state index contributed by atoms with van der Waals surface area (Å²) in [5, 5.41) is 3.34. The number of benzene rings is 1. The van der Waals surface area contributed by atoms with Crippen LogP contribution < -0.4 is 10.5 Å². The van der Waals surface area contributed by atoms with Gasteiger partial charge in [-0.05, 0) is 17.7 Å². The number of nitrogens with zero attached hydrogens (tertiary/aromatic N) is 4. The molecule has 0 aliphatic carbocycles. The maximum Gasteiger partial charge on any atom is 0.408 e. The molecule has 10 heteroatoms. The third-order valence-electron chi connectivity index (χ3n) is 4.33. The van der Waals surface area contributed by atoms with Crippen LogP contribution in [-0.4, -0.2) is 47.0 Å². The van der Waals surface area contributed by atoms with Crippen LogP contribution in [0.5, 0.6) is 0 Å². The van der Waals surface area contributed by atoms with Crippen LogP contribution in [0.1, 0.15) is 5.56 Å². The van der Waals surface area contributed by atoms with Crippen LogP contribution in [0.25, 0.3) is 0 Å². The SMILES string of the molecule is O=c1c(Cl)c(N2CCN(Cc3ccc(F)cc3)CC2)cnn1CC(F)(F)F. The second-order valence-electron chi connectivity index (χ2n) is 6.31. The molecule has 1 aromatic carbocycles. The number of aromatic nitrogens is 2. The van der Waals surface area contributed by atoms with Crippen LogP contribution in [0.15, 0.2) is 35.3 Å². The van der Waals surface area contributed by atoms with E-state index in [0.29, 0.717) is 43.1 Å². The Bertz CT molecular complexity index is 845. The van der Waals surface area contributed by atoms with Crippen LogP contribution in [0.2, 0.25) is 5.02 Å². The maximum absolute atomic E-state index is 13.0. The molecule has 27 heavy (non-hydrogen) atoms. The molecule has 146 valence electrons. The Morgan fingerprint density at radius 3 is 2.30 bits per heavy atom. The summed E-state index contributed by atoms with van der Waals surface area (Å²) >= 11 is 6.01. The molecule has 3 rings (SSSR count). The van der Waals surface area contributed by atoms with Crippen molar-refractivity contribution >= 4 is 17.3 Å². The van der Waals surface area contributed by atoms with E-state index in [9.17, 15) is 22.4 Å². The number of alkyl halides is 3. The van der Waals surface area contributed by atoms with Crippen LogP contribution in [0, 0.1) is 5.82 Å². The summed E-state index contributed by atoms with van der Waals surface area (Å²) < 4.78 is 50.7. The van der Waals surface area contributed by atoms with E-state index in [-0.39, 0.29) is 10.8 Å². The number of anilines is 1. The fraction of sp³-hybridized carbons (Fsp3) is 0.412. The van der Waals surface area contributed by atoms with Crippen molar-refractivity contribution in [3.05, 3.63) is 57.2 Å². The summed E-state index contributed by atoms with van der Waals surface area (Å²) in [7, 11) is 0. The molecule has 1 aromatic heterocycles. The van der Waals surface area contributed by atoms with Gasteiger partial charge in [-0.15, -0.1) is 0 Å². The lowest BCUT2D eigenvalue weighted by atomic mass is 10.2. The zero-order valence-electron chi connectivity index (χ0n) is 14.2. The van der Waals surface area contributed by atoms with Crippen LogP contribution in [0.4, 0.5) is 23.2 Å². The minimum Gasteiger partial charge on any atom is -0.366 e. The summed E-state index contributed by atoms with van der Waals surface area (Å²) in [5.41, 5.74) is 0.362. The lowest BCUT2D eigenvalue weighted by Gasteiger charge is -2.36. The first-order valence-corrected chi connectivity index (χ1v) is 8.65. The van der Waals surface area contributed by atoms with Gasteiger partial charge in [0.1, 0.15) is 17.4 Å². The third-order valence-corrected chi connectivity index (χ3v) is 4.68. The van der Waals surface area contributed by atoms with Gasteiger partial charge in [-0.2, -0.15) is 18.3 Å². The molecule has 0 unspecified atom stereocenters. The molecule has 0 amide bonds. The number of hydrogen-bond donors (Lipinski definition) is 0. The lowest BCUT2D eigenvalue weighted by molar-refractivity contribution is -0.143. The fourth-order valence-electron chi connectivity index (χ4n) is 2.95. The summed E-state index contributed by atoms with van der Waals surface area (Å²) in [6.45, 7) is 1.61. The van der Waals surface area contributed by atoms with Crippen molar-refractivity contribution in [3.63, 3.8) is 0 Å². The van der Waals surface area contributed by atoms with E-state index in [1.165, 1.54) is 18.3 Å². The highest BCUT2D eigenvalue weighted by Gasteiger charge is 2.30. The van der Waals surface area contributed by atoms with E-state index < -0.39 is 18.3 Å². The van der Waals surface area contributed by atoms with Gasteiger partial charge in [-0.1, -0.05) is 23.7 Å². The number of piperazine rings is 1. The summed E-state index contributed by atoms with van der Waals surface area (Å²) in [6.07, 6.45) is -3.35. The molecule has 1 fully saturated rings. The maximum atomic E-state index is 13.0. The minimum atomic E-state index is -4.55. The van der Waals surface area contributed by atoms with Gasteiger partial charge in [0.25, 0.3) is 5.56 Å². The van der Waals surface area contributed by atoms with E-state index >= 15 is 0 Å². The summed E-state index contributed by atoms with van der Waals surface area (Å²) in [6, 6.07) is 6.27. The Morgan fingerprint density at radius 1 is 1.07 bits per heavy atom. The predicted molar refractivity (Wildman–Crippen MR) is 93.5 cm³/mol. The smallest absolute Gasteiger partial charge is 0.366 e. The Balaban J connectivity index is 1.64. The van der Waals surface area contributed by atoms with Crippen molar-refractivity contribution in [2.75, 3.05) is 31.1 Å². The van der Waals surface area contributed by atoms with Crippen molar-refractivity contribution in [1.29, 1.82) is 0 Å². The van der Waals surface area contributed by atoms with Crippen molar-refractivity contribution in [2.24, 2.45) is 0 Å². The zero-order chi connectivity index (χ0) is 19.6. The second kappa shape index (κ2) is 7.85. The Labute approximate surface area is 157 Å². The predicted octanol–water partition coefficient (Wildman–Crippen LogP) is 2.92. The lowest BCUT2D eigenvalue weighted by Crippen LogP contribution is -2.46. The van der Waals surface area contributed by atoms with E-state index in [2.05, 4.69) is 10.00 Å². The Morgan fingerprint density at radius 2 is 1.70 bits per heavy atom. The molecule has 1 saturated heterocycles. The van der Waals surface area contributed by atoms with Crippen LogP contribution >= 0.6 is 11.6 Å². The zero-order valence-corrected chi connectivity index (χ0v) is 15.0. The molecular formula is C17H17ClF4N4O. The number of rotatable bonds is 4. The van der Waals surface area contributed by atoms with Gasteiger partial charge in [0.05, 0.1) is 11.9 Å². The van der Waals surface area contributed by atoms with E-state index in [1.807, 2.05) is 4.90 Å².